The summed E-state index contributed by atoms with van der Waals surface area (Å²) in [5.74, 6) is -0.472. The Morgan fingerprint density at radius 1 is 1.33 bits per heavy atom. The summed E-state index contributed by atoms with van der Waals surface area (Å²) in [5.41, 5.74) is 1.47. The van der Waals surface area contributed by atoms with Crippen molar-refractivity contribution >= 4 is 11.7 Å². The Kier molecular flexibility index (Phi) is 3.04. The maximum Gasteiger partial charge on any atom is 0.338 e. The van der Waals surface area contributed by atoms with Gasteiger partial charge in [0.25, 0.3) is 5.69 Å². The fourth-order valence-electron chi connectivity index (χ4n) is 1.47. The quantitative estimate of drug-likeness (QED) is 0.424. The van der Waals surface area contributed by atoms with E-state index in [1.807, 2.05) is 0 Å². The van der Waals surface area contributed by atoms with Crippen molar-refractivity contribution in [1.29, 1.82) is 0 Å². The molecule has 0 atom stereocenters. The first-order valence-corrected chi connectivity index (χ1v) is 4.31. The lowest BCUT2D eigenvalue weighted by molar-refractivity contribution is -0.384. The minimum absolute atomic E-state index is 0.0161. The highest BCUT2D eigenvalue weighted by Gasteiger charge is 2.17. The van der Waals surface area contributed by atoms with Crippen LogP contribution in [0.1, 0.15) is 21.5 Å². The Labute approximate surface area is 86.8 Å². The number of nitrogens with zero attached hydrogens (tertiary/aromatic N) is 1. The smallest absolute Gasteiger partial charge is 0.338 e. The highest BCUT2D eigenvalue weighted by Crippen LogP contribution is 2.22. The largest absolute Gasteiger partial charge is 0.465 e. The summed E-state index contributed by atoms with van der Waals surface area (Å²) in [4.78, 5) is 21.4. The predicted octanol–water partition coefficient (Wildman–Crippen LogP) is 2.00. The number of ether oxygens (including phenoxy) is 1. The van der Waals surface area contributed by atoms with Gasteiger partial charge >= 0.3 is 5.97 Å². The van der Waals surface area contributed by atoms with Crippen LogP contribution in [0, 0.1) is 24.0 Å². The van der Waals surface area contributed by atoms with Crippen LogP contribution in [0.5, 0.6) is 0 Å². The number of non-ortho nitro benzene ring substituents is 1. The molecule has 0 aliphatic carbocycles. The number of methoxy groups -OCH3 is 1. The molecular formula is C10H11NO4. The maximum atomic E-state index is 11.3. The molecule has 0 heterocycles. The van der Waals surface area contributed by atoms with Crippen molar-refractivity contribution in [2.45, 2.75) is 13.8 Å². The molecule has 0 unspecified atom stereocenters. The number of rotatable bonds is 2. The highest BCUT2D eigenvalue weighted by atomic mass is 16.6. The van der Waals surface area contributed by atoms with E-state index in [4.69, 9.17) is 0 Å². The van der Waals surface area contributed by atoms with E-state index in [0.717, 1.165) is 0 Å². The summed E-state index contributed by atoms with van der Waals surface area (Å²) in [6.45, 7) is 3.29. The third-order valence-corrected chi connectivity index (χ3v) is 2.12. The number of nitro benzene ring substituents is 1. The zero-order valence-electron chi connectivity index (χ0n) is 8.73. The Morgan fingerprint density at radius 2 is 1.80 bits per heavy atom. The third-order valence-electron chi connectivity index (χ3n) is 2.12. The van der Waals surface area contributed by atoms with Crippen LogP contribution >= 0.6 is 0 Å². The lowest BCUT2D eigenvalue weighted by atomic mass is 10.0. The predicted molar refractivity (Wildman–Crippen MR) is 53.9 cm³/mol. The molecular weight excluding hydrogens is 198 g/mol. The highest BCUT2D eigenvalue weighted by molar-refractivity contribution is 5.93. The van der Waals surface area contributed by atoms with Gasteiger partial charge in [-0.1, -0.05) is 0 Å². The molecule has 0 amide bonds. The third kappa shape index (κ3) is 2.12. The van der Waals surface area contributed by atoms with Gasteiger partial charge in [0.2, 0.25) is 0 Å². The number of carbonyl (C=O) groups is 1. The molecule has 0 aliphatic rings. The topological polar surface area (TPSA) is 69.4 Å². The fourth-order valence-corrected chi connectivity index (χ4v) is 1.47. The van der Waals surface area contributed by atoms with Crippen molar-refractivity contribution in [3.63, 3.8) is 0 Å². The Hall–Kier alpha value is -1.91. The zero-order valence-corrected chi connectivity index (χ0v) is 8.73. The van der Waals surface area contributed by atoms with E-state index in [9.17, 15) is 14.9 Å². The first-order chi connectivity index (χ1) is 6.97. The number of carbonyl (C=O) groups excluding carboxylic acids is 1. The molecule has 5 nitrogen and oxygen atoms in total. The molecule has 80 valence electrons. The van der Waals surface area contributed by atoms with Gasteiger partial charge in [-0.15, -0.1) is 0 Å². The lowest BCUT2D eigenvalue weighted by Gasteiger charge is -2.06. The second-order valence-electron chi connectivity index (χ2n) is 3.20. The molecule has 5 heteroatoms. The lowest BCUT2D eigenvalue weighted by Crippen LogP contribution is -2.07. The number of aryl methyl sites for hydroxylation is 2. The molecule has 0 saturated heterocycles. The first kappa shape index (κ1) is 11.2. The van der Waals surface area contributed by atoms with Crippen LogP contribution in [0.3, 0.4) is 0 Å². The van der Waals surface area contributed by atoms with Crippen LogP contribution in [0.15, 0.2) is 12.1 Å². The van der Waals surface area contributed by atoms with Crippen molar-refractivity contribution in [2.24, 2.45) is 0 Å². The Balaban J connectivity index is 3.33. The van der Waals surface area contributed by atoms with Crippen LogP contribution in [0.2, 0.25) is 0 Å². The van der Waals surface area contributed by atoms with Gasteiger partial charge in [-0.25, -0.2) is 4.79 Å². The Bertz CT molecular complexity index is 402. The number of benzene rings is 1. The summed E-state index contributed by atoms with van der Waals surface area (Å²) < 4.78 is 4.59. The van der Waals surface area contributed by atoms with Gasteiger partial charge in [-0.3, -0.25) is 10.1 Å². The summed E-state index contributed by atoms with van der Waals surface area (Å²) in [7, 11) is 1.28. The molecule has 1 aromatic rings. The number of nitro groups is 1. The van der Waals surface area contributed by atoms with Gasteiger partial charge in [-0.05, 0) is 25.0 Å². The van der Waals surface area contributed by atoms with Gasteiger partial charge in [0, 0.05) is 12.1 Å². The van der Waals surface area contributed by atoms with Crippen molar-refractivity contribution in [3.8, 4) is 0 Å². The van der Waals surface area contributed by atoms with Gasteiger partial charge < -0.3 is 4.74 Å². The summed E-state index contributed by atoms with van der Waals surface area (Å²) in [5, 5.41) is 10.5. The minimum atomic E-state index is -0.485. The molecule has 1 rings (SSSR count). The van der Waals surface area contributed by atoms with Gasteiger partial charge in [-0.2, -0.15) is 0 Å². The molecule has 1 aromatic carbocycles. The van der Waals surface area contributed by atoms with Gasteiger partial charge in [0.1, 0.15) is 0 Å². The van der Waals surface area contributed by atoms with Crippen LogP contribution in [0.25, 0.3) is 0 Å². The van der Waals surface area contributed by atoms with Crippen molar-refractivity contribution in [1.82, 2.24) is 0 Å². The van der Waals surface area contributed by atoms with E-state index in [1.165, 1.54) is 19.2 Å². The molecule has 0 aliphatic heterocycles. The van der Waals surface area contributed by atoms with E-state index >= 15 is 0 Å². The molecule has 0 fully saturated rings. The summed E-state index contributed by atoms with van der Waals surface area (Å²) in [6, 6.07) is 2.72. The standard InChI is InChI=1S/C10H11NO4/c1-6-4-8(11(13)14)5-7(2)9(6)10(12)15-3/h4-5H,1-3H3. The van der Waals surface area contributed by atoms with E-state index in [0.29, 0.717) is 16.7 Å². The number of hydrogen-bond donors (Lipinski definition) is 0. The molecule has 15 heavy (non-hydrogen) atoms. The molecule has 0 spiro atoms. The maximum absolute atomic E-state index is 11.3. The molecule has 0 aromatic heterocycles. The first-order valence-electron chi connectivity index (χ1n) is 4.31. The number of esters is 1. The van der Waals surface area contributed by atoms with Crippen LogP contribution < -0.4 is 0 Å². The van der Waals surface area contributed by atoms with Crippen molar-refractivity contribution < 1.29 is 14.5 Å². The second-order valence-corrected chi connectivity index (χ2v) is 3.20. The minimum Gasteiger partial charge on any atom is -0.465 e. The average molecular weight is 209 g/mol. The van der Waals surface area contributed by atoms with Crippen LogP contribution in [-0.4, -0.2) is 18.0 Å². The monoisotopic (exact) mass is 209 g/mol. The zero-order chi connectivity index (χ0) is 11.6. The van der Waals surface area contributed by atoms with E-state index in [1.54, 1.807) is 13.8 Å². The summed E-state index contributed by atoms with van der Waals surface area (Å²) in [6.07, 6.45) is 0. The van der Waals surface area contributed by atoms with Gasteiger partial charge in [0.05, 0.1) is 17.6 Å². The Morgan fingerprint density at radius 3 is 2.13 bits per heavy atom. The molecule has 0 N–H and O–H groups in total. The van der Waals surface area contributed by atoms with E-state index in [-0.39, 0.29) is 5.69 Å². The van der Waals surface area contributed by atoms with Gasteiger partial charge in [0.15, 0.2) is 0 Å². The second kappa shape index (κ2) is 4.08. The van der Waals surface area contributed by atoms with Crippen LogP contribution in [-0.2, 0) is 4.74 Å². The normalized spacial score (nSPS) is 9.80. The summed E-state index contributed by atoms with van der Waals surface area (Å²) >= 11 is 0. The van der Waals surface area contributed by atoms with E-state index in [2.05, 4.69) is 4.74 Å². The van der Waals surface area contributed by atoms with Crippen LogP contribution in [0.4, 0.5) is 5.69 Å². The SMILES string of the molecule is COC(=O)c1c(C)cc([N+](=O)[O-])cc1C. The molecule has 0 radical (unpaired) electrons. The number of hydrogen-bond acceptors (Lipinski definition) is 4. The average Bonchev–Trinajstić information content (AvgIpc) is 2.16. The van der Waals surface area contributed by atoms with Crippen molar-refractivity contribution in [3.05, 3.63) is 38.9 Å². The van der Waals surface area contributed by atoms with E-state index < -0.39 is 10.9 Å². The molecule has 0 saturated carbocycles. The molecule has 0 bridgehead atoms. The fraction of sp³-hybridized carbons (Fsp3) is 0.300. The van der Waals surface area contributed by atoms with Crippen molar-refractivity contribution in [2.75, 3.05) is 7.11 Å².